The summed E-state index contributed by atoms with van der Waals surface area (Å²) in [5.74, 6) is 1.50. The van der Waals surface area contributed by atoms with Crippen LogP contribution in [0.25, 0.3) is 0 Å². The Morgan fingerprint density at radius 3 is 3.04 bits per heavy atom. The summed E-state index contributed by atoms with van der Waals surface area (Å²) in [7, 11) is 0. The molecule has 3 heterocycles. The van der Waals surface area contributed by atoms with Gasteiger partial charge in [0.15, 0.2) is 5.89 Å². The van der Waals surface area contributed by atoms with Gasteiger partial charge in [-0.25, -0.2) is 15.0 Å². The third-order valence-electron chi connectivity index (χ3n) is 4.70. The molecule has 0 bridgehead atoms. The van der Waals surface area contributed by atoms with Crippen molar-refractivity contribution in [1.29, 1.82) is 0 Å². The van der Waals surface area contributed by atoms with Crippen LogP contribution in [0.2, 0.25) is 5.02 Å². The Hall–Kier alpha value is -2.73. The number of halogens is 1. The van der Waals surface area contributed by atoms with Crippen LogP contribution in [0.3, 0.4) is 0 Å². The molecule has 138 valence electrons. The van der Waals surface area contributed by atoms with E-state index in [9.17, 15) is 4.79 Å². The number of hydrogen-bond donors (Lipinski definition) is 0. The normalized spacial score (nSPS) is 17.1. The van der Waals surface area contributed by atoms with E-state index in [-0.39, 0.29) is 11.8 Å². The minimum atomic E-state index is -0.0761. The third-order valence-corrected chi connectivity index (χ3v) is 4.93. The topological polar surface area (TPSA) is 72.1 Å². The first-order valence-electron chi connectivity index (χ1n) is 8.93. The van der Waals surface area contributed by atoms with E-state index in [4.69, 9.17) is 16.0 Å². The Morgan fingerprint density at radius 2 is 2.22 bits per heavy atom. The van der Waals surface area contributed by atoms with E-state index in [1.54, 1.807) is 18.5 Å². The molecule has 4 rings (SSSR count). The fourth-order valence-corrected chi connectivity index (χ4v) is 3.60. The number of carbonyl (C=O) groups excluding carboxylic acids is 1. The maximum atomic E-state index is 12.6. The van der Waals surface area contributed by atoms with E-state index in [1.165, 1.54) is 6.33 Å². The minimum Gasteiger partial charge on any atom is -0.445 e. The Kier molecular flexibility index (Phi) is 5.16. The van der Waals surface area contributed by atoms with E-state index >= 15 is 0 Å². The number of likely N-dealkylation sites (tertiary alicyclic amines) is 1. The van der Waals surface area contributed by atoms with E-state index in [0.29, 0.717) is 29.6 Å². The van der Waals surface area contributed by atoms with E-state index in [1.807, 2.05) is 29.2 Å². The van der Waals surface area contributed by atoms with E-state index in [2.05, 4.69) is 15.0 Å². The van der Waals surface area contributed by atoms with Crippen LogP contribution < -0.4 is 0 Å². The fourth-order valence-electron chi connectivity index (χ4n) is 3.38. The molecule has 1 aromatic carbocycles. The molecule has 1 atom stereocenters. The molecule has 6 nitrogen and oxygen atoms in total. The van der Waals surface area contributed by atoms with Gasteiger partial charge in [-0.1, -0.05) is 23.7 Å². The zero-order valence-corrected chi connectivity index (χ0v) is 15.5. The number of aromatic nitrogens is 3. The molecule has 1 saturated heterocycles. The first kappa shape index (κ1) is 17.7. The van der Waals surface area contributed by atoms with Gasteiger partial charge in [0, 0.05) is 30.7 Å². The summed E-state index contributed by atoms with van der Waals surface area (Å²) < 4.78 is 5.98. The van der Waals surface area contributed by atoms with Gasteiger partial charge in [-0.15, -0.1) is 0 Å². The first-order chi connectivity index (χ1) is 13.2. The van der Waals surface area contributed by atoms with Crippen LogP contribution in [0, 0.1) is 0 Å². The van der Waals surface area contributed by atoms with Crippen molar-refractivity contribution in [2.24, 2.45) is 0 Å². The van der Waals surface area contributed by atoms with Crippen molar-refractivity contribution < 1.29 is 9.21 Å². The van der Waals surface area contributed by atoms with Crippen LogP contribution >= 0.6 is 11.6 Å². The molecule has 27 heavy (non-hydrogen) atoms. The number of amides is 1. The second kappa shape index (κ2) is 7.88. The number of carbonyl (C=O) groups is 1. The Bertz CT molecular complexity index is 928. The molecule has 2 aromatic heterocycles. The van der Waals surface area contributed by atoms with Crippen LogP contribution in [0.15, 0.2) is 53.5 Å². The van der Waals surface area contributed by atoms with Gasteiger partial charge in [-0.2, -0.15) is 0 Å². The molecule has 3 aromatic rings. The lowest BCUT2D eigenvalue weighted by Gasteiger charge is -2.31. The van der Waals surface area contributed by atoms with Crippen molar-refractivity contribution in [3.63, 3.8) is 0 Å². The largest absolute Gasteiger partial charge is 0.445 e. The smallest absolute Gasteiger partial charge is 0.272 e. The molecular formula is C20H19ClN4O2. The monoisotopic (exact) mass is 382 g/mol. The summed E-state index contributed by atoms with van der Waals surface area (Å²) in [6.45, 7) is 1.30. The van der Waals surface area contributed by atoms with Gasteiger partial charge in [0.25, 0.3) is 5.91 Å². The average molecular weight is 383 g/mol. The Morgan fingerprint density at radius 1 is 1.30 bits per heavy atom. The van der Waals surface area contributed by atoms with Crippen LogP contribution in [0.4, 0.5) is 0 Å². The van der Waals surface area contributed by atoms with Crippen molar-refractivity contribution in [3.8, 4) is 0 Å². The van der Waals surface area contributed by atoms with Crippen LogP contribution in [0.5, 0.6) is 0 Å². The summed E-state index contributed by atoms with van der Waals surface area (Å²) in [6.07, 6.45) is 7.24. The summed E-state index contributed by atoms with van der Waals surface area (Å²) in [5, 5.41) is 0.707. The maximum absolute atomic E-state index is 12.6. The summed E-state index contributed by atoms with van der Waals surface area (Å²) in [5.41, 5.74) is 1.49. The highest BCUT2D eigenvalue weighted by Gasteiger charge is 2.28. The van der Waals surface area contributed by atoms with Gasteiger partial charge in [0.1, 0.15) is 17.8 Å². The molecule has 0 spiro atoms. The molecule has 1 aliphatic heterocycles. The minimum absolute atomic E-state index is 0.0761. The molecule has 1 aliphatic rings. The molecule has 0 N–H and O–H groups in total. The molecule has 1 fully saturated rings. The summed E-state index contributed by atoms with van der Waals surface area (Å²) in [6, 6.07) is 9.35. The van der Waals surface area contributed by atoms with Crippen molar-refractivity contribution >= 4 is 17.5 Å². The van der Waals surface area contributed by atoms with Crippen LogP contribution in [0.1, 0.15) is 46.5 Å². The second-order valence-corrected chi connectivity index (χ2v) is 7.09. The quantitative estimate of drug-likeness (QED) is 0.687. The van der Waals surface area contributed by atoms with Gasteiger partial charge < -0.3 is 9.32 Å². The predicted molar refractivity (Wildman–Crippen MR) is 101 cm³/mol. The SMILES string of the molecule is O=C(c1ccncn1)N1CCC[C@H](c2ncc(Cc3cccc(Cl)c3)o2)C1. The van der Waals surface area contributed by atoms with Gasteiger partial charge in [0.2, 0.25) is 0 Å². The number of oxazole rings is 1. The van der Waals surface area contributed by atoms with Gasteiger partial charge >= 0.3 is 0 Å². The molecule has 0 saturated carbocycles. The highest BCUT2D eigenvalue weighted by Crippen LogP contribution is 2.28. The maximum Gasteiger partial charge on any atom is 0.272 e. The number of rotatable bonds is 4. The van der Waals surface area contributed by atoms with E-state index in [0.717, 1.165) is 30.7 Å². The lowest BCUT2D eigenvalue weighted by molar-refractivity contribution is 0.0691. The first-order valence-corrected chi connectivity index (χ1v) is 9.31. The predicted octanol–water partition coefficient (Wildman–Crippen LogP) is 3.73. The van der Waals surface area contributed by atoms with Crippen molar-refractivity contribution in [3.05, 3.63) is 77.0 Å². The molecule has 0 unspecified atom stereocenters. The Labute approximate surface area is 162 Å². The number of piperidine rings is 1. The zero-order valence-electron chi connectivity index (χ0n) is 14.7. The van der Waals surface area contributed by atoms with Gasteiger partial charge in [0.05, 0.1) is 12.1 Å². The Balaban J connectivity index is 1.44. The average Bonchev–Trinajstić information content (AvgIpc) is 3.17. The molecule has 0 radical (unpaired) electrons. The number of benzene rings is 1. The molecule has 7 heteroatoms. The van der Waals surface area contributed by atoms with Crippen molar-refractivity contribution in [2.45, 2.75) is 25.2 Å². The van der Waals surface area contributed by atoms with Gasteiger partial charge in [-0.3, -0.25) is 4.79 Å². The highest BCUT2D eigenvalue weighted by molar-refractivity contribution is 6.30. The molecular weight excluding hydrogens is 364 g/mol. The number of hydrogen-bond acceptors (Lipinski definition) is 5. The van der Waals surface area contributed by atoms with Crippen LogP contribution in [-0.4, -0.2) is 38.8 Å². The molecule has 1 amide bonds. The van der Waals surface area contributed by atoms with Crippen molar-refractivity contribution in [2.75, 3.05) is 13.1 Å². The van der Waals surface area contributed by atoms with E-state index < -0.39 is 0 Å². The summed E-state index contributed by atoms with van der Waals surface area (Å²) >= 11 is 6.04. The number of nitrogens with zero attached hydrogens (tertiary/aromatic N) is 4. The zero-order chi connectivity index (χ0) is 18.6. The third kappa shape index (κ3) is 4.17. The van der Waals surface area contributed by atoms with Gasteiger partial charge in [-0.05, 0) is 36.6 Å². The summed E-state index contributed by atoms with van der Waals surface area (Å²) in [4.78, 5) is 26.8. The lowest BCUT2D eigenvalue weighted by Crippen LogP contribution is -2.39. The van der Waals surface area contributed by atoms with Crippen molar-refractivity contribution in [1.82, 2.24) is 19.9 Å². The second-order valence-electron chi connectivity index (χ2n) is 6.66. The van der Waals surface area contributed by atoms with Crippen LogP contribution in [-0.2, 0) is 6.42 Å². The molecule has 0 aliphatic carbocycles. The highest BCUT2D eigenvalue weighted by atomic mass is 35.5. The fraction of sp³-hybridized carbons (Fsp3) is 0.300. The standard InChI is InChI=1S/C20H19ClN4O2/c21-16-5-1-3-14(9-16)10-17-11-23-19(27-17)15-4-2-8-25(12-15)20(26)18-6-7-22-13-24-18/h1,3,5-7,9,11,13,15H,2,4,8,10,12H2/t15-/m0/s1. The lowest BCUT2D eigenvalue weighted by atomic mass is 9.97.